The number of amides is 1. The third-order valence-electron chi connectivity index (χ3n) is 4.42. The number of anilines is 2. The Balaban J connectivity index is 1.32. The first-order valence-corrected chi connectivity index (χ1v) is 9.71. The van der Waals surface area contributed by atoms with E-state index in [0.717, 1.165) is 42.7 Å². The first kappa shape index (κ1) is 17.4. The van der Waals surface area contributed by atoms with Gasteiger partial charge in [0.2, 0.25) is 0 Å². The molecule has 4 rings (SSSR count). The topological polar surface area (TPSA) is 74.2 Å². The fourth-order valence-corrected chi connectivity index (χ4v) is 3.82. The molecule has 0 saturated carbocycles. The molecule has 0 atom stereocenters. The molecule has 27 heavy (non-hydrogen) atoms. The summed E-state index contributed by atoms with van der Waals surface area (Å²) in [6, 6.07) is 9.75. The Kier molecular flexibility index (Phi) is 5.24. The first-order valence-electron chi connectivity index (χ1n) is 8.83. The summed E-state index contributed by atoms with van der Waals surface area (Å²) in [5.74, 6) is 0.847. The van der Waals surface area contributed by atoms with E-state index in [1.165, 1.54) is 11.3 Å². The van der Waals surface area contributed by atoms with Crippen molar-refractivity contribution in [2.45, 2.75) is 6.54 Å². The summed E-state index contributed by atoms with van der Waals surface area (Å²) in [7, 11) is 0. The molecule has 8 heteroatoms. The van der Waals surface area contributed by atoms with Crippen LogP contribution in [0, 0.1) is 0 Å². The van der Waals surface area contributed by atoms with Gasteiger partial charge in [-0.2, -0.15) is 0 Å². The SMILES string of the molecule is O=C(NCc1cccnc1)c1csc(N2CCN(c3ccccn3)CC2)n1. The molecule has 1 N–H and O–H groups in total. The van der Waals surface area contributed by atoms with Gasteiger partial charge in [-0.25, -0.2) is 9.97 Å². The van der Waals surface area contributed by atoms with Crippen LogP contribution in [0.15, 0.2) is 54.3 Å². The van der Waals surface area contributed by atoms with E-state index < -0.39 is 0 Å². The number of nitrogens with one attached hydrogen (secondary N) is 1. The quantitative estimate of drug-likeness (QED) is 0.731. The standard InChI is InChI=1S/C19H20N6OS/c26-18(22-13-15-4-3-6-20-12-15)16-14-27-19(23-16)25-10-8-24(9-11-25)17-5-1-2-7-21-17/h1-7,12,14H,8-11,13H2,(H,22,26). The average molecular weight is 380 g/mol. The molecular formula is C19H20N6OS. The molecule has 0 unspecified atom stereocenters. The van der Waals surface area contributed by atoms with Crippen molar-refractivity contribution >= 4 is 28.2 Å². The number of rotatable bonds is 5. The van der Waals surface area contributed by atoms with Crippen LogP contribution in [0.25, 0.3) is 0 Å². The molecule has 138 valence electrons. The van der Waals surface area contributed by atoms with Crippen LogP contribution < -0.4 is 15.1 Å². The average Bonchev–Trinajstić information content (AvgIpc) is 3.24. The maximum Gasteiger partial charge on any atom is 0.271 e. The third-order valence-corrected chi connectivity index (χ3v) is 5.33. The van der Waals surface area contributed by atoms with Gasteiger partial charge in [-0.3, -0.25) is 9.78 Å². The summed E-state index contributed by atoms with van der Waals surface area (Å²) in [5, 5.41) is 5.60. The van der Waals surface area contributed by atoms with Crippen molar-refractivity contribution in [1.29, 1.82) is 0 Å². The molecule has 0 aromatic carbocycles. The Morgan fingerprint density at radius 1 is 1.07 bits per heavy atom. The molecule has 1 aliphatic rings. The van der Waals surface area contributed by atoms with Gasteiger partial charge in [-0.15, -0.1) is 11.3 Å². The second-order valence-electron chi connectivity index (χ2n) is 6.22. The van der Waals surface area contributed by atoms with E-state index in [1.54, 1.807) is 12.4 Å². The molecule has 1 aliphatic heterocycles. The Morgan fingerprint density at radius 3 is 2.67 bits per heavy atom. The monoisotopic (exact) mass is 380 g/mol. The number of thiazole rings is 1. The van der Waals surface area contributed by atoms with Crippen molar-refractivity contribution < 1.29 is 4.79 Å². The molecule has 0 radical (unpaired) electrons. The van der Waals surface area contributed by atoms with E-state index in [0.29, 0.717) is 12.2 Å². The summed E-state index contributed by atoms with van der Waals surface area (Å²) in [6.07, 6.45) is 5.28. The van der Waals surface area contributed by atoms with E-state index in [9.17, 15) is 4.79 Å². The lowest BCUT2D eigenvalue weighted by Gasteiger charge is -2.35. The molecule has 3 aromatic heterocycles. The number of hydrogen-bond donors (Lipinski definition) is 1. The van der Waals surface area contributed by atoms with Gasteiger partial charge in [0.25, 0.3) is 5.91 Å². The Hall–Kier alpha value is -3.00. The predicted octanol–water partition coefficient (Wildman–Crippen LogP) is 2.19. The van der Waals surface area contributed by atoms with Crippen molar-refractivity contribution in [3.63, 3.8) is 0 Å². The molecule has 1 fully saturated rings. The molecule has 4 heterocycles. The highest BCUT2D eigenvalue weighted by Crippen LogP contribution is 2.23. The van der Waals surface area contributed by atoms with Crippen LogP contribution in [0.5, 0.6) is 0 Å². The number of piperazine rings is 1. The van der Waals surface area contributed by atoms with Crippen LogP contribution in [0.4, 0.5) is 10.9 Å². The summed E-state index contributed by atoms with van der Waals surface area (Å²) in [6.45, 7) is 3.95. The zero-order chi connectivity index (χ0) is 18.5. The van der Waals surface area contributed by atoms with Crippen LogP contribution in [0.3, 0.4) is 0 Å². The largest absolute Gasteiger partial charge is 0.353 e. The first-order chi connectivity index (χ1) is 13.3. The van der Waals surface area contributed by atoms with E-state index in [4.69, 9.17) is 0 Å². The zero-order valence-electron chi connectivity index (χ0n) is 14.8. The Morgan fingerprint density at radius 2 is 1.93 bits per heavy atom. The second-order valence-corrected chi connectivity index (χ2v) is 7.06. The molecule has 7 nitrogen and oxygen atoms in total. The molecule has 3 aromatic rings. The Bertz CT molecular complexity index is 877. The fraction of sp³-hybridized carbons (Fsp3) is 0.263. The number of hydrogen-bond acceptors (Lipinski definition) is 7. The van der Waals surface area contributed by atoms with Gasteiger partial charge in [0.1, 0.15) is 11.5 Å². The lowest BCUT2D eigenvalue weighted by Crippen LogP contribution is -2.46. The van der Waals surface area contributed by atoms with Gasteiger partial charge in [0.05, 0.1) is 0 Å². The molecule has 1 amide bonds. The van der Waals surface area contributed by atoms with Crippen LogP contribution in [0.1, 0.15) is 16.1 Å². The maximum absolute atomic E-state index is 12.3. The summed E-state index contributed by atoms with van der Waals surface area (Å²) < 4.78 is 0. The third kappa shape index (κ3) is 4.22. The van der Waals surface area contributed by atoms with Crippen molar-refractivity contribution in [3.05, 3.63) is 65.6 Å². The van der Waals surface area contributed by atoms with Gasteiger partial charge in [0.15, 0.2) is 5.13 Å². The minimum atomic E-state index is -0.159. The highest BCUT2D eigenvalue weighted by atomic mass is 32.1. The highest BCUT2D eigenvalue weighted by Gasteiger charge is 2.21. The van der Waals surface area contributed by atoms with Gasteiger partial charge >= 0.3 is 0 Å². The van der Waals surface area contributed by atoms with E-state index >= 15 is 0 Å². The van der Waals surface area contributed by atoms with E-state index in [1.807, 2.05) is 41.9 Å². The van der Waals surface area contributed by atoms with E-state index in [-0.39, 0.29) is 5.91 Å². The van der Waals surface area contributed by atoms with Crippen molar-refractivity contribution in [2.24, 2.45) is 0 Å². The normalized spacial score (nSPS) is 14.2. The minimum Gasteiger partial charge on any atom is -0.353 e. The summed E-state index contributed by atoms with van der Waals surface area (Å²) in [4.78, 5) is 29.8. The predicted molar refractivity (Wildman–Crippen MR) is 106 cm³/mol. The number of pyridine rings is 2. The van der Waals surface area contributed by atoms with Gasteiger partial charge in [0, 0.05) is 56.7 Å². The second kappa shape index (κ2) is 8.13. The van der Waals surface area contributed by atoms with Gasteiger partial charge in [-0.1, -0.05) is 12.1 Å². The number of carbonyl (C=O) groups is 1. The number of nitrogens with zero attached hydrogens (tertiary/aromatic N) is 5. The lowest BCUT2D eigenvalue weighted by molar-refractivity contribution is 0.0946. The van der Waals surface area contributed by atoms with Crippen molar-refractivity contribution in [3.8, 4) is 0 Å². The zero-order valence-corrected chi connectivity index (χ0v) is 15.6. The lowest BCUT2D eigenvalue weighted by atomic mass is 10.3. The van der Waals surface area contributed by atoms with Crippen molar-refractivity contribution in [1.82, 2.24) is 20.3 Å². The molecule has 0 bridgehead atoms. The molecular weight excluding hydrogens is 360 g/mol. The van der Waals surface area contributed by atoms with Crippen LogP contribution in [-0.2, 0) is 6.54 Å². The maximum atomic E-state index is 12.3. The van der Waals surface area contributed by atoms with E-state index in [2.05, 4.69) is 30.1 Å². The molecule has 0 aliphatic carbocycles. The summed E-state index contributed by atoms with van der Waals surface area (Å²) >= 11 is 1.51. The molecule has 1 saturated heterocycles. The summed E-state index contributed by atoms with van der Waals surface area (Å²) in [5.41, 5.74) is 1.43. The fourth-order valence-electron chi connectivity index (χ4n) is 2.96. The van der Waals surface area contributed by atoms with Gasteiger partial charge < -0.3 is 15.1 Å². The number of aromatic nitrogens is 3. The van der Waals surface area contributed by atoms with Crippen LogP contribution in [0.2, 0.25) is 0 Å². The molecule has 0 spiro atoms. The van der Waals surface area contributed by atoms with Gasteiger partial charge in [-0.05, 0) is 23.8 Å². The van der Waals surface area contributed by atoms with Crippen LogP contribution >= 0.6 is 11.3 Å². The van der Waals surface area contributed by atoms with Crippen LogP contribution in [-0.4, -0.2) is 47.0 Å². The highest BCUT2D eigenvalue weighted by molar-refractivity contribution is 7.13. The minimum absolute atomic E-state index is 0.159. The smallest absolute Gasteiger partial charge is 0.271 e. The Labute approximate surface area is 161 Å². The van der Waals surface area contributed by atoms with Crippen molar-refractivity contribution in [2.75, 3.05) is 36.0 Å². The number of carbonyl (C=O) groups excluding carboxylic acids is 1.